The topological polar surface area (TPSA) is 17.1 Å². The molecule has 0 aliphatic heterocycles. The second-order valence-electron chi connectivity index (χ2n) is 4.82. The number of Topliss-reactive ketones (excluding diaryl/α,β-unsaturated/α-hetero) is 1. The second kappa shape index (κ2) is 4.48. The van der Waals surface area contributed by atoms with Crippen LogP contribution in [-0.2, 0) is 11.2 Å². The van der Waals surface area contributed by atoms with Crippen molar-refractivity contribution in [3.63, 3.8) is 0 Å². The summed E-state index contributed by atoms with van der Waals surface area (Å²) in [7, 11) is 0. The Bertz CT molecular complexity index is 353. The predicted octanol–water partition coefficient (Wildman–Crippen LogP) is 3.60. The van der Waals surface area contributed by atoms with Crippen molar-refractivity contribution in [2.24, 2.45) is 11.8 Å². The highest BCUT2D eigenvalue weighted by Crippen LogP contribution is 2.31. The smallest absolute Gasteiger partial charge is 0.140 e. The second-order valence-corrected chi connectivity index (χ2v) is 5.94. The van der Waals surface area contributed by atoms with E-state index in [-0.39, 0.29) is 0 Å². The van der Waals surface area contributed by atoms with E-state index in [1.807, 2.05) is 0 Å². The van der Waals surface area contributed by atoms with E-state index in [0.29, 0.717) is 18.1 Å². The van der Waals surface area contributed by atoms with Crippen LogP contribution < -0.4 is 0 Å². The average molecular weight is 222 g/mol. The first-order chi connectivity index (χ1) is 7.15. The third-order valence-electron chi connectivity index (χ3n) is 3.31. The molecule has 1 fully saturated rings. The van der Waals surface area contributed by atoms with Crippen molar-refractivity contribution in [2.45, 2.75) is 39.5 Å². The Labute approximate surface area is 95.5 Å². The van der Waals surface area contributed by atoms with Gasteiger partial charge in [0.2, 0.25) is 0 Å². The van der Waals surface area contributed by atoms with Crippen LogP contribution in [0.5, 0.6) is 0 Å². The Hall–Kier alpha value is -0.630. The van der Waals surface area contributed by atoms with Crippen LogP contribution in [0.2, 0.25) is 0 Å². The number of aryl methyl sites for hydroxylation is 1. The van der Waals surface area contributed by atoms with Gasteiger partial charge in [-0.05, 0) is 49.1 Å². The van der Waals surface area contributed by atoms with Crippen LogP contribution in [0.15, 0.2) is 11.4 Å². The van der Waals surface area contributed by atoms with Crippen LogP contribution in [-0.4, -0.2) is 5.78 Å². The minimum Gasteiger partial charge on any atom is -0.299 e. The van der Waals surface area contributed by atoms with Gasteiger partial charge in [0, 0.05) is 17.2 Å². The molecule has 0 spiro atoms. The molecule has 2 heteroatoms. The number of rotatable bonds is 3. The molecule has 1 aliphatic rings. The van der Waals surface area contributed by atoms with Gasteiger partial charge < -0.3 is 0 Å². The van der Waals surface area contributed by atoms with Gasteiger partial charge in [-0.2, -0.15) is 0 Å². The maximum absolute atomic E-state index is 12.0. The van der Waals surface area contributed by atoms with Gasteiger partial charge in [0.05, 0.1) is 0 Å². The minimum atomic E-state index is 0.347. The van der Waals surface area contributed by atoms with Gasteiger partial charge in [-0.15, -0.1) is 11.3 Å². The van der Waals surface area contributed by atoms with Gasteiger partial charge in [0.25, 0.3) is 0 Å². The van der Waals surface area contributed by atoms with Crippen molar-refractivity contribution >= 4 is 17.1 Å². The van der Waals surface area contributed by atoms with Crippen molar-refractivity contribution in [3.8, 4) is 0 Å². The van der Waals surface area contributed by atoms with Crippen LogP contribution in [0.1, 0.15) is 36.6 Å². The van der Waals surface area contributed by atoms with Gasteiger partial charge in [-0.3, -0.25) is 4.79 Å². The summed E-state index contributed by atoms with van der Waals surface area (Å²) in [6, 6.07) is 2.14. The zero-order valence-electron chi connectivity index (χ0n) is 9.45. The Balaban J connectivity index is 1.92. The third kappa shape index (κ3) is 2.69. The molecule has 1 saturated carbocycles. The van der Waals surface area contributed by atoms with Crippen LogP contribution >= 0.6 is 11.3 Å². The first kappa shape index (κ1) is 10.9. The lowest BCUT2D eigenvalue weighted by Crippen LogP contribution is -2.13. The molecule has 1 aliphatic carbocycles. The van der Waals surface area contributed by atoms with E-state index in [1.54, 1.807) is 11.3 Å². The lowest BCUT2D eigenvalue weighted by molar-refractivity contribution is -0.122. The molecule has 0 radical (unpaired) electrons. The highest BCUT2D eigenvalue weighted by molar-refractivity contribution is 7.10. The van der Waals surface area contributed by atoms with E-state index in [4.69, 9.17) is 0 Å². The quantitative estimate of drug-likeness (QED) is 0.763. The molecule has 1 aromatic heterocycles. The molecule has 15 heavy (non-hydrogen) atoms. The number of hydrogen-bond donors (Lipinski definition) is 0. The van der Waals surface area contributed by atoms with E-state index < -0.39 is 0 Å². The van der Waals surface area contributed by atoms with Gasteiger partial charge >= 0.3 is 0 Å². The molecule has 82 valence electrons. The summed E-state index contributed by atoms with van der Waals surface area (Å²) >= 11 is 1.74. The number of ketones is 1. The zero-order valence-corrected chi connectivity index (χ0v) is 10.3. The molecule has 2 unspecified atom stereocenters. The molecule has 1 nitrogen and oxygen atoms in total. The third-order valence-corrected chi connectivity index (χ3v) is 4.22. The largest absolute Gasteiger partial charge is 0.299 e. The van der Waals surface area contributed by atoms with E-state index in [1.165, 1.54) is 16.9 Å². The first-order valence-electron chi connectivity index (χ1n) is 5.72. The molecule has 2 atom stereocenters. The molecule has 2 rings (SSSR count). The predicted molar refractivity (Wildman–Crippen MR) is 64.3 cm³/mol. The number of thiophene rings is 1. The Morgan fingerprint density at radius 2 is 2.33 bits per heavy atom. The molecular formula is C13H18OS. The van der Waals surface area contributed by atoms with Crippen molar-refractivity contribution in [1.29, 1.82) is 0 Å². The highest BCUT2D eigenvalue weighted by atomic mass is 32.1. The first-order valence-corrected chi connectivity index (χ1v) is 6.60. The fraction of sp³-hybridized carbons (Fsp3) is 0.615. The monoisotopic (exact) mass is 222 g/mol. The van der Waals surface area contributed by atoms with E-state index in [2.05, 4.69) is 25.3 Å². The minimum absolute atomic E-state index is 0.347. The van der Waals surface area contributed by atoms with Gasteiger partial charge in [0.1, 0.15) is 5.78 Å². The molecule has 0 saturated heterocycles. The Morgan fingerprint density at radius 3 is 2.87 bits per heavy atom. The zero-order chi connectivity index (χ0) is 10.8. The SMILES string of the molecule is Cc1cc(CC(=O)C2CCC(C)C2)cs1. The molecule has 0 bridgehead atoms. The standard InChI is InChI=1S/C13H18OS/c1-9-3-4-12(5-9)13(14)7-11-6-10(2)15-8-11/h6,8-9,12H,3-5,7H2,1-2H3. The van der Waals surface area contributed by atoms with Crippen molar-refractivity contribution in [3.05, 3.63) is 21.9 Å². The lowest BCUT2D eigenvalue weighted by Gasteiger charge is -2.06. The van der Waals surface area contributed by atoms with Crippen molar-refractivity contribution in [2.75, 3.05) is 0 Å². The van der Waals surface area contributed by atoms with Crippen LogP contribution in [0, 0.1) is 18.8 Å². The summed E-state index contributed by atoms with van der Waals surface area (Å²) in [5.74, 6) is 1.56. The summed E-state index contributed by atoms with van der Waals surface area (Å²) in [6.45, 7) is 4.35. The van der Waals surface area contributed by atoms with Crippen molar-refractivity contribution < 1.29 is 4.79 Å². The number of hydrogen-bond acceptors (Lipinski definition) is 2. The fourth-order valence-corrected chi connectivity index (χ4v) is 3.14. The summed E-state index contributed by atoms with van der Waals surface area (Å²) in [6.07, 6.45) is 4.12. The molecule has 0 aromatic carbocycles. The average Bonchev–Trinajstić information content (AvgIpc) is 2.75. The van der Waals surface area contributed by atoms with E-state index in [9.17, 15) is 4.79 Å². The number of carbonyl (C=O) groups is 1. The van der Waals surface area contributed by atoms with E-state index in [0.717, 1.165) is 18.8 Å². The normalized spacial score (nSPS) is 25.7. The van der Waals surface area contributed by atoms with Gasteiger partial charge in [0.15, 0.2) is 0 Å². The molecule has 0 N–H and O–H groups in total. The maximum Gasteiger partial charge on any atom is 0.140 e. The molecule has 1 aromatic rings. The summed E-state index contributed by atoms with van der Waals surface area (Å²) < 4.78 is 0. The Morgan fingerprint density at radius 1 is 1.53 bits per heavy atom. The van der Waals surface area contributed by atoms with Crippen molar-refractivity contribution in [1.82, 2.24) is 0 Å². The van der Waals surface area contributed by atoms with E-state index >= 15 is 0 Å². The summed E-state index contributed by atoms with van der Waals surface area (Å²) in [5, 5.41) is 2.12. The molecule has 1 heterocycles. The van der Waals surface area contributed by atoms with Crippen LogP contribution in [0.25, 0.3) is 0 Å². The summed E-state index contributed by atoms with van der Waals surface area (Å²) in [4.78, 5) is 13.3. The van der Waals surface area contributed by atoms with Crippen LogP contribution in [0.3, 0.4) is 0 Å². The molecule has 0 amide bonds. The Kier molecular flexibility index (Phi) is 3.25. The molecular weight excluding hydrogens is 204 g/mol. The summed E-state index contributed by atoms with van der Waals surface area (Å²) in [5.41, 5.74) is 1.21. The number of carbonyl (C=O) groups excluding carboxylic acids is 1. The lowest BCUT2D eigenvalue weighted by atomic mass is 9.97. The maximum atomic E-state index is 12.0. The fourth-order valence-electron chi connectivity index (χ4n) is 2.44. The van der Waals surface area contributed by atoms with Gasteiger partial charge in [-0.1, -0.05) is 6.92 Å². The highest BCUT2D eigenvalue weighted by Gasteiger charge is 2.27. The van der Waals surface area contributed by atoms with Gasteiger partial charge in [-0.25, -0.2) is 0 Å². The van der Waals surface area contributed by atoms with Crippen LogP contribution in [0.4, 0.5) is 0 Å².